The van der Waals surface area contributed by atoms with Crippen molar-refractivity contribution in [1.29, 1.82) is 0 Å². The Morgan fingerprint density at radius 1 is 1.29 bits per heavy atom. The Kier molecular flexibility index (Phi) is 4.99. The van der Waals surface area contributed by atoms with Crippen LogP contribution in [0.5, 0.6) is 0 Å². The van der Waals surface area contributed by atoms with Crippen LogP contribution in [0.25, 0.3) is 0 Å². The number of nitrogens with one attached hydrogen (secondary N) is 1. The Morgan fingerprint density at radius 3 is 2.46 bits per heavy atom. The minimum Gasteiger partial charge on any atom is -0.302 e. The summed E-state index contributed by atoms with van der Waals surface area (Å²) >= 11 is 1.39. The first kappa shape index (κ1) is 17.1. The number of likely N-dealkylation sites (tertiary alicyclic amines) is 1. The summed E-state index contributed by atoms with van der Waals surface area (Å²) < 4.78 is 0. The fourth-order valence-corrected chi connectivity index (χ4v) is 4.34. The first-order valence-electron chi connectivity index (χ1n) is 8.58. The number of imide groups is 1. The van der Waals surface area contributed by atoms with E-state index in [1.807, 2.05) is 19.2 Å². The number of amides is 3. The molecule has 1 aliphatic carbocycles. The third kappa shape index (κ3) is 3.36. The average Bonchev–Trinajstić information content (AvgIpc) is 3.11. The number of carbonyl (C=O) groups is 3. The summed E-state index contributed by atoms with van der Waals surface area (Å²) in [4.78, 5) is 42.5. The van der Waals surface area contributed by atoms with Gasteiger partial charge in [0.05, 0.1) is 17.5 Å². The summed E-state index contributed by atoms with van der Waals surface area (Å²) in [5, 5.41) is 5.25. The zero-order chi connectivity index (χ0) is 17.3. The van der Waals surface area contributed by atoms with Gasteiger partial charge in [0.1, 0.15) is 0 Å². The number of hydrogen-bond donors (Lipinski definition) is 1. The Labute approximate surface area is 145 Å². The van der Waals surface area contributed by atoms with Crippen molar-refractivity contribution in [3.63, 3.8) is 0 Å². The van der Waals surface area contributed by atoms with Crippen LogP contribution in [0.2, 0.25) is 0 Å². The van der Waals surface area contributed by atoms with Crippen LogP contribution in [-0.2, 0) is 14.4 Å². The highest BCUT2D eigenvalue weighted by Crippen LogP contribution is 2.38. The SMILES string of the molecule is CC(C)c1csc(NC(=O)CCN2C(=O)[C@H]3CCCC[C@H]3C2=O)n1. The molecule has 1 aromatic heterocycles. The number of aromatic nitrogens is 1. The number of hydrogen-bond acceptors (Lipinski definition) is 5. The van der Waals surface area contributed by atoms with Gasteiger partial charge in [-0.15, -0.1) is 11.3 Å². The largest absolute Gasteiger partial charge is 0.302 e. The molecule has 1 N–H and O–H groups in total. The maximum atomic E-state index is 12.4. The van der Waals surface area contributed by atoms with E-state index in [0.29, 0.717) is 11.0 Å². The third-order valence-electron chi connectivity index (χ3n) is 4.85. The van der Waals surface area contributed by atoms with Crippen molar-refractivity contribution in [2.45, 2.75) is 51.9 Å². The van der Waals surface area contributed by atoms with Gasteiger partial charge in [-0.1, -0.05) is 26.7 Å². The summed E-state index contributed by atoms with van der Waals surface area (Å²) in [6.07, 6.45) is 3.74. The number of carbonyl (C=O) groups excluding carboxylic acids is 3. The summed E-state index contributed by atoms with van der Waals surface area (Å²) in [5.74, 6) is -0.378. The molecule has 1 aliphatic heterocycles. The minimum atomic E-state index is -0.213. The second-order valence-corrected chi connectivity index (χ2v) is 7.71. The van der Waals surface area contributed by atoms with E-state index in [1.54, 1.807) is 0 Å². The van der Waals surface area contributed by atoms with Crippen LogP contribution in [-0.4, -0.2) is 34.2 Å². The van der Waals surface area contributed by atoms with Gasteiger partial charge in [-0.3, -0.25) is 19.3 Å². The first-order chi connectivity index (χ1) is 11.5. The molecule has 6 nitrogen and oxygen atoms in total. The molecule has 1 saturated heterocycles. The van der Waals surface area contributed by atoms with Gasteiger partial charge in [-0.2, -0.15) is 0 Å². The van der Waals surface area contributed by atoms with Gasteiger partial charge in [-0.25, -0.2) is 4.98 Å². The van der Waals surface area contributed by atoms with Crippen molar-refractivity contribution in [1.82, 2.24) is 9.88 Å². The normalized spacial score (nSPS) is 23.7. The molecule has 0 unspecified atom stereocenters. The van der Waals surface area contributed by atoms with Gasteiger partial charge in [0.25, 0.3) is 0 Å². The fourth-order valence-electron chi connectivity index (χ4n) is 3.46. The third-order valence-corrected chi connectivity index (χ3v) is 5.63. The Bertz CT molecular complexity index is 631. The number of nitrogens with zero attached hydrogens (tertiary/aromatic N) is 2. The molecule has 0 spiro atoms. The van der Waals surface area contributed by atoms with Crippen LogP contribution in [0.4, 0.5) is 5.13 Å². The lowest BCUT2D eigenvalue weighted by molar-refractivity contribution is -0.140. The van der Waals surface area contributed by atoms with Crippen LogP contribution in [0.1, 0.15) is 57.6 Å². The summed E-state index contributed by atoms with van der Waals surface area (Å²) in [6.45, 7) is 4.26. The van der Waals surface area contributed by atoms with Gasteiger partial charge in [0, 0.05) is 18.3 Å². The molecule has 0 aromatic carbocycles. The van der Waals surface area contributed by atoms with E-state index < -0.39 is 0 Å². The molecule has 3 amide bonds. The van der Waals surface area contributed by atoms with Gasteiger partial charge in [-0.05, 0) is 18.8 Å². The van der Waals surface area contributed by atoms with Crippen LogP contribution in [0.3, 0.4) is 0 Å². The van der Waals surface area contributed by atoms with Crippen LogP contribution in [0.15, 0.2) is 5.38 Å². The molecule has 1 saturated carbocycles. The van der Waals surface area contributed by atoms with Crippen molar-refractivity contribution < 1.29 is 14.4 Å². The minimum absolute atomic E-state index is 0.0890. The van der Waals surface area contributed by atoms with Crippen molar-refractivity contribution in [3.8, 4) is 0 Å². The fraction of sp³-hybridized carbons (Fsp3) is 0.647. The van der Waals surface area contributed by atoms with Crippen molar-refractivity contribution in [3.05, 3.63) is 11.1 Å². The maximum Gasteiger partial charge on any atom is 0.233 e. The molecular weight excluding hydrogens is 326 g/mol. The van der Waals surface area contributed by atoms with Crippen molar-refractivity contribution in [2.75, 3.05) is 11.9 Å². The number of thiazole rings is 1. The molecule has 7 heteroatoms. The van der Waals surface area contributed by atoms with Gasteiger partial charge in [0.2, 0.25) is 17.7 Å². The molecule has 2 heterocycles. The lowest BCUT2D eigenvalue weighted by Gasteiger charge is -2.19. The van der Waals surface area contributed by atoms with E-state index in [2.05, 4.69) is 10.3 Å². The van der Waals surface area contributed by atoms with Crippen LogP contribution >= 0.6 is 11.3 Å². The molecular formula is C17H23N3O3S. The van der Waals surface area contributed by atoms with E-state index in [4.69, 9.17) is 0 Å². The molecule has 3 rings (SSSR count). The molecule has 2 atom stereocenters. The molecule has 2 fully saturated rings. The van der Waals surface area contributed by atoms with E-state index in [0.717, 1.165) is 31.4 Å². The van der Waals surface area contributed by atoms with Gasteiger partial charge in [0.15, 0.2) is 5.13 Å². The van der Waals surface area contributed by atoms with Crippen molar-refractivity contribution >= 4 is 34.2 Å². The topological polar surface area (TPSA) is 79.4 Å². The Morgan fingerprint density at radius 2 is 1.92 bits per heavy atom. The molecule has 24 heavy (non-hydrogen) atoms. The highest BCUT2D eigenvalue weighted by atomic mass is 32.1. The number of anilines is 1. The molecule has 0 radical (unpaired) electrons. The van der Waals surface area contributed by atoms with E-state index in [-0.39, 0.29) is 42.5 Å². The summed E-state index contributed by atoms with van der Waals surface area (Å²) in [5.41, 5.74) is 0.948. The summed E-state index contributed by atoms with van der Waals surface area (Å²) in [6, 6.07) is 0. The van der Waals surface area contributed by atoms with E-state index in [1.165, 1.54) is 16.2 Å². The standard InChI is InChI=1S/C17H23N3O3S/c1-10(2)13-9-24-17(18-13)19-14(21)7-8-20-15(22)11-5-3-4-6-12(11)16(20)23/h9-12H,3-8H2,1-2H3,(H,18,19,21)/t11-,12+. The maximum absolute atomic E-state index is 12.4. The second kappa shape index (κ2) is 7.01. The monoisotopic (exact) mass is 349 g/mol. The Hall–Kier alpha value is -1.76. The predicted molar refractivity (Wildman–Crippen MR) is 91.6 cm³/mol. The second-order valence-electron chi connectivity index (χ2n) is 6.86. The number of rotatable bonds is 5. The van der Waals surface area contributed by atoms with E-state index >= 15 is 0 Å². The highest BCUT2D eigenvalue weighted by molar-refractivity contribution is 7.13. The molecule has 130 valence electrons. The predicted octanol–water partition coefficient (Wildman–Crippen LogP) is 2.77. The van der Waals surface area contributed by atoms with E-state index in [9.17, 15) is 14.4 Å². The van der Waals surface area contributed by atoms with Crippen molar-refractivity contribution in [2.24, 2.45) is 11.8 Å². The zero-order valence-electron chi connectivity index (χ0n) is 14.1. The van der Waals surface area contributed by atoms with Gasteiger partial charge >= 0.3 is 0 Å². The molecule has 2 aliphatic rings. The zero-order valence-corrected chi connectivity index (χ0v) is 14.9. The quantitative estimate of drug-likeness (QED) is 0.829. The smallest absolute Gasteiger partial charge is 0.233 e. The molecule has 1 aromatic rings. The summed E-state index contributed by atoms with van der Waals surface area (Å²) in [7, 11) is 0. The highest BCUT2D eigenvalue weighted by Gasteiger charge is 2.47. The van der Waals surface area contributed by atoms with Gasteiger partial charge < -0.3 is 5.32 Å². The average molecular weight is 349 g/mol. The lowest BCUT2D eigenvalue weighted by Crippen LogP contribution is -2.34. The molecule has 0 bridgehead atoms. The number of fused-ring (bicyclic) bond motifs is 1. The Balaban J connectivity index is 1.54. The van der Waals surface area contributed by atoms with Crippen LogP contribution in [0, 0.1) is 11.8 Å². The lowest BCUT2D eigenvalue weighted by atomic mass is 9.81. The van der Waals surface area contributed by atoms with Crippen LogP contribution < -0.4 is 5.32 Å². The first-order valence-corrected chi connectivity index (χ1v) is 9.46.